The Morgan fingerprint density at radius 1 is 1.09 bits per heavy atom. The van der Waals surface area contributed by atoms with Gasteiger partial charge in [-0.15, -0.1) is 0 Å². The number of fused-ring (bicyclic) bond motifs is 1. The van der Waals surface area contributed by atoms with E-state index in [9.17, 15) is 9.18 Å². The largest absolute Gasteiger partial charge is 0.378 e. The predicted molar refractivity (Wildman–Crippen MR) is 129 cm³/mol. The van der Waals surface area contributed by atoms with Crippen molar-refractivity contribution in [3.63, 3.8) is 0 Å². The van der Waals surface area contributed by atoms with Crippen LogP contribution in [0.3, 0.4) is 0 Å². The van der Waals surface area contributed by atoms with Crippen LogP contribution in [0, 0.1) is 23.7 Å². The maximum Gasteiger partial charge on any atom is 0.223 e. The quantitative estimate of drug-likeness (QED) is 0.373. The molecular weight excluding hydrogens is 435 g/mol. The average molecular weight is 481 g/mol. The number of halogens is 1. The molecule has 0 bridgehead atoms. The van der Waals surface area contributed by atoms with Gasteiger partial charge in [-0.25, -0.2) is 15.2 Å². The molecule has 2 aliphatic carbocycles. The summed E-state index contributed by atoms with van der Waals surface area (Å²) >= 11 is 0. The van der Waals surface area contributed by atoms with Crippen molar-refractivity contribution in [3.05, 3.63) is 0 Å². The minimum absolute atomic E-state index is 0.000540. The first kappa shape index (κ1) is 24.8. The van der Waals surface area contributed by atoms with Crippen molar-refractivity contribution >= 4 is 5.91 Å². The minimum atomic E-state index is -0.820. The Morgan fingerprint density at radius 2 is 1.97 bits per heavy atom. The fourth-order valence-corrected chi connectivity index (χ4v) is 7.16. The van der Waals surface area contributed by atoms with Gasteiger partial charge >= 0.3 is 0 Å². The maximum atomic E-state index is 14.4. The number of nitrogens with one attached hydrogen (secondary N) is 5. The molecule has 9 atom stereocenters. The molecule has 5 rings (SSSR count). The Hall–Kier alpha value is -0.840. The highest BCUT2D eigenvalue weighted by molar-refractivity contribution is 5.78. The first-order valence-electron chi connectivity index (χ1n) is 13.8. The van der Waals surface area contributed by atoms with Crippen LogP contribution in [0.1, 0.15) is 57.8 Å². The van der Waals surface area contributed by atoms with Gasteiger partial charge < -0.3 is 20.7 Å². The molecule has 8 nitrogen and oxygen atoms in total. The first-order chi connectivity index (χ1) is 16.6. The topological polar surface area (TPSA) is 89.7 Å². The van der Waals surface area contributed by atoms with Gasteiger partial charge in [-0.1, -0.05) is 12.8 Å². The number of carbonyl (C=O) groups excluding carboxylic acids is 1. The second kappa shape index (κ2) is 11.5. The highest BCUT2D eigenvalue weighted by atomic mass is 19.1. The van der Waals surface area contributed by atoms with Crippen LogP contribution in [0.25, 0.3) is 0 Å². The summed E-state index contributed by atoms with van der Waals surface area (Å²) < 4.78 is 20.4. The van der Waals surface area contributed by atoms with Crippen molar-refractivity contribution in [2.24, 2.45) is 23.7 Å². The highest BCUT2D eigenvalue weighted by Gasteiger charge is 2.41. The van der Waals surface area contributed by atoms with Gasteiger partial charge in [0.2, 0.25) is 5.91 Å². The summed E-state index contributed by atoms with van der Waals surface area (Å²) in [5, 5.41) is 10.1. The number of rotatable bonds is 7. The lowest BCUT2D eigenvalue weighted by Gasteiger charge is -2.36. The number of amides is 1. The molecule has 0 aromatic rings. The van der Waals surface area contributed by atoms with Crippen LogP contribution in [-0.4, -0.2) is 81.3 Å². The molecule has 5 fully saturated rings. The molecule has 5 aliphatic rings. The second-order valence-electron chi connectivity index (χ2n) is 11.4. The van der Waals surface area contributed by atoms with E-state index in [-0.39, 0.29) is 30.1 Å². The minimum Gasteiger partial charge on any atom is -0.378 e. The van der Waals surface area contributed by atoms with E-state index < -0.39 is 6.17 Å². The average Bonchev–Trinajstić information content (AvgIpc) is 3.48. The molecule has 3 heterocycles. The lowest BCUT2D eigenvalue weighted by molar-refractivity contribution is -0.126. The van der Waals surface area contributed by atoms with Crippen molar-refractivity contribution < 1.29 is 13.9 Å². The summed E-state index contributed by atoms with van der Waals surface area (Å²) in [7, 11) is 2.07. The number of alkyl halides is 1. The third-order valence-corrected chi connectivity index (χ3v) is 9.25. The van der Waals surface area contributed by atoms with E-state index in [1.165, 1.54) is 25.7 Å². The van der Waals surface area contributed by atoms with E-state index in [4.69, 9.17) is 4.74 Å². The molecular formula is C25H45FN6O2. The zero-order valence-electron chi connectivity index (χ0n) is 20.7. The molecule has 3 aliphatic heterocycles. The molecule has 9 unspecified atom stereocenters. The summed E-state index contributed by atoms with van der Waals surface area (Å²) in [5.74, 6) is 1.51. The molecule has 0 aromatic heterocycles. The number of likely N-dealkylation sites (N-methyl/N-ethyl adjacent to an activating group) is 1. The SMILES string of the molecule is CN1C(CNC2CCCC(C(=O)NCC3CCCC4CCOC43)C2)NNC1C1CCNCC1F. The van der Waals surface area contributed by atoms with Gasteiger partial charge in [-0.3, -0.25) is 9.69 Å². The van der Waals surface area contributed by atoms with Crippen LogP contribution in [0.15, 0.2) is 0 Å². The molecule has 1 amide bonds. The van der Waals surface area contributed by atoms with Gasteiger partial charge in [0.05, 0.1) is 18.4 Å². The second-order valence-corrected chi connectivity index (χ2v) is 11.4. The Labute approximate surface area is 203 Å². The molecule has 0 aromatic carbocycles. The smallest absolute Gasteiger partial charge is 0.223 e. The standard InChI is InChI=1S/C25H45FN6O2/c1-32-22(30-31-24(32)20-8-10-27-14-21(20)26)15-28-19-7-3-5-17(12-19)25(33)29-13-18-6-2-4-16-9-11-34-23(16)18/h16-24,27-28,30-31H,2-15H2,1H3,(H,29,33). The van der Waals surface area contributed by atoms with Gasteiger partial charge in [0, 0.05) is 50.0 Å². The van der Waals surface area contributed by atoms with Crippen molar-refractivity contribution in [3.8, 4) is 0 Å². The Kier molecular flexibility index (Phi) is 8.38. The zero-order chi connectivity index (χ0) is 23.5. The number of piperidine rings is 1. The monoisotopic (exact) mass is 480 g/mol. The number of hydrazine groups is 1. The molecule has 3 saturated heterocycles. The van der Waals surface area contributed by atoms with Gasteiger partial charge in [0.15, 0.2) is 0 Å². The molecule has 5 N–H and O–H groups in total. The number of ether oxygens (including phenoxy) is 1. The van der Waals surface area contributed by atoms with Crippen LogP contribution in [0.2, 0.25) is 0 Å². The third kappa shape index (κ3) is 5.60. The molecule has 0 spiro atoms. The van der Waals surface area contributed by atoms with Crippen LogP contribution >= 0.6 is 0 Å². The summed E-state index contributed by atoms with van der Waals surface area (Å²) in [6, 6.07) is 0.351. The molecule has 9 heteroatoms. The normalized spacial score (nSPS) is 43.5. The molecule has 34 heavy (non-hydrogen) atoms. The lowest BCUT2D eigenvalue weighted by Crippen LogP contribution is -2.52. The van der Waals surface area contributed by atoms with Crippen molar-refractivity contribution in [2.45, 2.75) is 88.4 Å². The number of nitrogens with zero attached hydrogens (tertiary/aromatic N) is 1. The van der Waals surface area contributed by atoms with E-state index in [0.717, 1.165) is 58.3 Å². The predicted octanol–water partition coefficient (Wildman–Crippen LogP) is 1.10. The van der Waals surface area contributed by atoms with Crippen LogP contribution in [-0.2, 0) is 9.53 Å². The summed E-state index contributed by atoms with van der Waals surface area (Å²) in [6.07, 6.45) is 9.51. The Bertz CT molecular complexity index is 686. The van der Waals surface area contributed by atoms with Crippen molar-refractivity contribution in [1.29, 1.82) is 0 Å². The fraction of sp³-hybridized carbons (Fsp3) is 0.960. The van der Waals surface area contributed by atoms with Gasteiger partial charge in [0.1, 0.15) is 6.17 Å². The van der Waals surface area contributed by atoms with E-state index >= 15 is 0 Å². The van der Waals surface area contributed by atoms with Crippen molar-refractivity contribution in [2.75, 3.05) is 39.8 Å². The fourth-order valence-electron chi connectivity index (χ4n) is 7.16. The summed E-state index contributed by atoms with van der Waals surface area (Å²) in [6.45, 7) is 3.76. The molecule has 194 valence electrons. The Morgan fingerprint density at radius 3 is 2.85 bits per heavy atom. The van der Waals surface area contributed by atoms with E-state index in [1.54, 1.807) is 0 Å². The van der Waals surface area contributed by atoms with E-state index in [2.05, 4.69) is 38.7 Å². The number of hydrogen-bond donors (Lipinski definition) is 5. The van der Waals surface area contributed by atoms with Crippen molar-refractivity contribution in [1.82, 2.24) is 31.7 Å². The number of hydrogen-bond acceptors (Lipinski definition) is 7. The van der Waals surface area contributed by atoms with Crippen LogP contribution < -0.4 is 26.8 Å². The van der Waals surface area contributed by atoms with Gasteiger partial charge in [0.25, 0.3) is 0 Å². The highest BCUT2D eigenvalue weighted by Crippen LogP contribution is 2.37. The first-order valence-corrected chi connectivity index (χ1v) is 13.8. The van der Waals surface area contributed by atoms with Gasteiger partial charge in [-0.2, -0.15) is 0 Å². The summed E-state index contributed by atoms with van der Waals surface area (Å²) in [4.78, 5) is 15.2. The van der Waals surface area contributed by atoms with E-state index in [0.29, 0.717) is 30.5 Å². The molecule has 0 radical (unpaired) electrons. The van der Waals surface area contributed by atoms with Gasteiger partial charge in [-0.05, 0) is 64.5 Å². The van der Waals surface area contributed by atoms with Crippen LogP contribution in [0.5, 0.6) is 0 Å². The lowest BCUT2D eigenvalue weighted by atomic mass is 9.78. The zero-order valence-corrected chi connectivity index (χ0v) is 20.7. The summed E-state index contributed by atoms with van der Waals surface area (Å²) in [5.41, 5.74) is 6.69. The van der Waals surface area contributed by atoms with E-state index in [1.807, 2.05) is 0 Å². The maximum absolute atomic E-state index is 14.4. The Balaban J connectivity index is 1.05. The van der Waals surface area contributed by atoms with Crippen LogP contribution in [0.4, 0.5) is 4.39 Å². The third-order valence-electron chi connectivity index (χ3n) is 9.25. The molecule has 2 saturated carbocycles. The number of carbonyl (C=O) groups is 1.